The number of fused-ring (bicyclic) bond motifs is 1. The maximum atomic E-state index is 11.8. The van der Waals surface area contributed by atoms with Crippen LogP contribution in [0.2, 0.25) is 0 Å². The van der Waals surface area contributed by atoms with Crippen molar-refractivity contribution >= 4 is 12.1 Å². The van der Waals surface area contributed by atoms with E-state index in [0.717, 1.165) is 6.42 Å². The number of rotatable bonds is 1. The molecule has 1 aliphatic carbocycles. The number of hydrogen-bond acceptors (Lipinski definition) is 3. The molecule has 0 bridgehead atoms. The second-order valence-electron chi connectivity index (χ2n) is 5.55. The van der Waals surface area contributed by atoms with Gasteiger partial charge in [0.25, 0.3) is 0 Å². The van der Waals surface area contributed by atoms with Crippen LogP contribution in [0.5, 0.6) is 0 Å². The second kappa shape index (κ2) is 3.12. The minimum atomic E-state index is -0.956. The summed E-state index contributed by atoms with van der Waals surface area (Å²) >= 11 is 0. The number of amides is 1. The zero-order valence-electron chi connectivity index (χ0n) is 9.82. The van der Waals surface area contributed by atoms with Crippen molar-refractivity contribution in [3.8, 4) is 0 Å². The first kappa shape index (κ1) is 11.2. The summed E-state index contributed by atoms with van der Waals surface area (Å²) in [6, 6.07) is 0. The number of aliphatic carboxylic acids is 1. The fourth-order valence-corrected chi connectivity index (χ4v) is 2.42. The number of carbonyl (C=O) groups excluding carboxylic acids is 1. The van der Waals surface area contributed by atoms with E-state index in [9.17, 15) is 14.7 Å². The monoisotopic (exact) mass is 227 g/mol. The molecule has 0 radical (unpaired) electrons. The first-order chi connectivity index (χ1) is 7.27. The highest BCUT2D eigenvalue weighted by atomic mass is 16.6. The van der Waals surface area contributed by atoms with Crippen LogP contribution in [-0.2, 0) is 9.53 Å². The van der Waals surface area contributed by atoms with Gasteiger partial charge in [-0.25, -0.2) is 9.59 Å². The standard InChI is InChI=1S/C11H17NO4/c1-10(2,3)16-9(15)12-5-4-7-6-11(7,12)8(13)14/h7H,4-6H2,1-3H3,(H,13,14)/t7?,11-/m1/s1. The smallest absolute Gasteiger partial charge is 0.411 e. The zero-order valence-corrected chi connectivity index (χ0v) is 9.82. The molecule has 0 aromatic carbocycles. The van der Waals surface area contributed by atoms with E-state index in [1.807, 2.05) is 0 Å². The molecule has 0 spiro atoms. The van der Waals surface area contributed by atoms with Crippen LogP contribution < -0.4 is 0 Å². The van der Waals surface area contributed by atoms with Gasteiger partial charge in [0.15, 0.2) is 0 Å². The highest BCUT2D eigenvalue weighted by Crippen LogP contribution is 2.56. The first-order valence-corrected chi connectivity index (χ1v) is 5.51. The minimum Gasteiger partial charge on any atom is -0.479 e. The Kier molecular flexibility index (Phi) is 2.19. The average molecular weight is 227 g/mol. The summed E-state index contributed by atoms with van der Waals surface area (Å²) in [7, 11) is 0. The highest BCUT2D eigenvalue weighted by molar-refractivity contribution is 5.89. The fourth-order valence-electron chi connectivity index (χ4n) is 2.42. The molecule has 1 amide bonds. The lowest BCUT2D eigenvalue weighted by Crippen LogP contribution is -2.47. The third-order valence-corrected chi connectivity index (χ3v) is 3.24. The lowest BCUT2D eigenvalue weighted by Gasteiger charge is -2.28. The van der Waals surface area contributed by atoms with Crippen LogP contribution in [0, 0.1) is 5.92 Å². The van der Waals surface area contributed by atoms with Crippen molar-refractivity contribution in [1.82, 2.24) is 4.90 Å². The molecule has 1 unspecified atom stereocenters. The molecule has 90 valence electrons. The van der Waals surface area contributed by atoms with Crippen molar-refractivity contribution in [3.05, 3.63) is 0 Å². The Morgan fingerprint density at radius 3 is 2.50 bits per heavy atom. The van der Waals surface area contributed by atoms with E-state index in [1.54, 1.807) is 20.8 Å². The van der Waals surface area contributed by atoms with Gasteiger partial charge in [-0.3, -0.25) is 4.90 Å². The summed E-state index contributed by atoms with van der Waals surface area (Å²) in [5.41, 5.74) is -1.54. The lowest BCUT2D eigenvalue weighted by atomic mass is 10.2. The molecule has 5 heteroatoms. The van der Waals surface area contributed by atoms with Crippen molar-refractivity contribution in [3.63, 3.8) is 0 Å². The maximum Gasteiger partial charge on any atom is 0.411 e. The summed E-state index contributed by atoms with van der Waals surface area (Å²) < 4.78 is 5.22. The first-order valence-electron chi connectivity index (χ1n) is 5.51. The van der Waals surface area contributed by atoms with Gasteiger partial charge >= 0.3 is 12.1 Å². The molecule has 1 aliphatic heterocycles. The molecule has 1 saturated heterocycles. The van der Waals surface area contributed by atoms with Crippen LogP contribution in [0.3, 0.4) is 0 Å². The summed E-state index contributed by atoms with van der Waals surface area (Å²) in [4.78, 5) is 24.4. The minimum absolute atomic E-state index is 0.123. The Morgan fingerprint density at radius 1 is 1.44 bits per heavy atom. The molecule has 1 saturated carbocycles. The summed E-state index contributed by atoms with van der Waals surface area (Å²) in [6.45, 7) is 5.82. The van der Waals surface area contributed by atoms with Crippen LogP contribution in [-0.4, -0.2) is 39.8 Å². The lowest BCUT2D eigenvalue weighted by molar-refractivity contribution is -0.144. The summed E-state index contributed by atoms with van der Waals surface area (Å²) in [6.07, 6.45) is 0.836. The molecule has 0 aromatic rings. The largest absolute Gasteiger partial charge is 0.479 e. The van der Waals surface area contributed by atoms with Crippen LogP contribution in [0.25, 0.3) is 0 Å². The van der Waals surface area contributed by atoms with Gasteiger partial charge in [-0.15, -0.1) is 0 Å². The van der Waals surface area contributed by atoms with Crippen molar-refractivity contribution in [2.24, 2.45) is 5.92 Å². The van der Waals surface area contributed by atoms with Crippen LogP contribution in [0.15, 0.2) is 0 Å². The van der Waals surface area contributed by atoms with Gasteiger partial charge in [-0.05, 0) is 39.5 Å². The molecular formula is C11H17NO4. The van der Waals surface area contributed by atoms with Gasteiger partial charge in [0.1, 0.15) is 11.1 Å². The molecule has 2 aliphatic rings. The van der Waals surface area contributed by atoms with Gasteiger partial charge in [0.05, 0.1) is 0 Å². The Hall–Kier alpha value is -1.26. The van der Waals surface area contributed by atoms with E-state index < -0.39 is 23.2 Å². The number of piperidine rings is 1. The van der Waals surface area contributed by atoms with Crippen molar-refractivity contribution in [2.75, 3.05) is 6.54 Å². The van der Waals surface area contributed by atoms with Gasteiger partial charge in [0, 0.05) is 6.54 Å². The van der Waals surface area contributed by atoms with Gasteiger partial charge in [-0.1, -0.05) is 0 Å². The molecule has 0 aromatic heterocycles. The maximum absolute atomic E-state index is 11.8. The van der Waals surface area contributed by atoms with Crippen LogP contribution >= 0.6 is 0 Å². The quantitative estimate of drug-likeness (QED) is 0.736. The molecule has 5 nitrogen and oxygen atoms in total. The topological polar surface area (TPSA) is 66.8 Å². The number of hydrogen-bond donors (Lipinski definition) is 1. The molecule has 2 atom stereocenters. The number of carboxylic acid groups (broad SMARTS) is 1. The van der Waals surface area contributed by atoms with E-state index in [1.165, 1.54) is 4.90 Å². The Labute approximate surface area is 94.4 Å². The normalized spacial score (nSPS) is 32.2. The molecule has 2 rings (SSSR count). The fraction of sp³-hybridized carbons (Fsp3) is 0.818. The van der Waals surface area contributed by atoms with Crippen LogP contribution in [0.1, 0.15) is 33.6 Å². The predicted molar refractivity (Wildman–Crippen MR) is 56.0 cm³/mol. The van der Waals surface area contributed by atoms with Gasteiger partial charge in [-0.2, -0.15) is 0 Å². The number of carbonyl (C=O) groups is 2. The Bertz CT molecular complexity index is 346. The van der Waals surface area contributed by atoms with E-state index in [4.69, 9.17) is 4.74 Å². The molecule has 1 N–H and O–H groups in total. The average Bonchev–Trinajstić information content (AvgIpc) is 2.70. The predicted octanol–water partition coefficient (Wildman–Crippen LogP) is 1.47. The summed E-state index contributed by atoms with van der Waals surface area (Å²) in [5.74, 6) is -0.779. The Morgan fingerprint density at radius 2 is 2.06 bits per heavy atom. The number of carboxylic acids is 1. The van der Waals surface area contributed by atoms with Crippen LogP contribution in [0.4, 0.5) is 4.79 Å². The second-order valence-corrected chi connectivity index (χ2v) is 5.55. The Balaban J connectivity index is 2.11. The highest BCUT2D eigenvalue weighted by Gasteiger charge is 2.69. The third kappa shape index (κ3) is 1.54. The van der Waals surface area contributed by atoms with Gasteiger partial charge in [0.2, 0.25) is 0 Å². The molecular weight excluding hydrogens is 210 g/mol. The van der Waals surface area contributed by atoms with E-state index in [0.29, 0.717) is 13.0 Å². The molecule has 1 heterocycles. The number of likely N-dealkylation sites (tertiary alicyclic amines) is 1. The van der Waals surface area contributed by atoms with Crippen molar-refractivity contribution in [1.29, 1.82) is 0 Å². The van der Waals surface area contributed by atoms with Crippen molar-refractivity contribution < 1.29 is 19.4 Å². The summed E-state index contributed by atoms with van der Waals surface area (Å²) in [5, 5.41) is 9.18. The molecule has 2 fully saturated rings. The van der Waals surface area contributed by atoms with E-state index in [-0.39, 0.29) is 5.92 Å². The zero-order chi connectivity index (χ0) is 12.1. The van der Waals surface area contributed by atoms with E-state index in [2.05, 4.69) is 0 Å². The van der Waals surface area contributed by atoms with Gasteiger partial charge < -0.3 is 9.84 Å². The van der Waals surface area contributed by atoms with E-state index >= 15 is 0 Å². The number of ether oxygens (including phenoxy) is 1. The third-order valence-electron chi connectivity index (χ3n) is 3.24. The number of nitrogens with zero attached hydrogens (tertiary/aromatic N) is 1. The molecule has 16 heavy (non-hydrogen) atoms. The van der Waals surface area contributed by atoms with Crippen molar-refractivity contribution in [2.45, 2.75) is 44.8 Å². The SMILES string of the molecule is CC(C)(C)OC(=O)N1CCC2C[C@]21C(=O)O.